The first-order valence-corrected chi connectivity index (χ1v) is 4.68. The Kier molecular flexibility index (Phi) is 2.56. The van der Waals surface area contributed by atoms with Crippen LogP contribution in [0.5, 0.6) is 0 Å². The first kappa shape index (κ1) is 9.93. The number of hydrogen-bond acceptors (Lipinski definition) is 1. The van der Waals surface area contributed by atoms with Crippen LogP contribution in [0.2, 0.25) is 5.02 Å². The van der Waals surface area contributed by atoms with Crippen LogP contribution in [-0.4, -0.2) is 4.98 Å². The molecule has 2 rings (SSSR count). The van der Waals surface area contributed by atoms with Crippen molar-refractivity contribution >= 4 is 11.6 Å². The maximum Gasteiger partial charge on any atom is 0.182 e. The van der Waals surface area contributed by atoms with Crippen LogP contribution in [0, 0.1) is 5.82 Å². The lowest BCUT2D eigenvalue weighted by Gasteiger charge is -2.02. The summed E-state index contributed by atoms with van der Waals surface area (Å²) in [6, 6.07) is 6.91. The van der Waals surface area contributed by atoms with Crippen molar-refractivity contribution in [1.29, 1.82) is 0 Å². The van der Waals surface area contributed by atoms with Gasteiger partial charge in [-0.2, -0.15) is 0 Å². The summed E-state index contributed by atoms with van der Waals surface area (Å²) in [4.78, 5) is 13.9. The molecule has 0 amide bonds. The molecule has 1 aromatic heterocycles. The Bertz CT molecular complexity index is 530. The lowest BCUT2D eigenvalue weighted by molar-refractivity contribution is 0.628. The standard InChI is InChI=1S/C11H7ClFNO/c12-8-3-7(4-9(13)5-8)11-6-10(15)1-2-14-11/h1-6H,(H,14,15). The smallest absolute Gasteiger partial charge is 0.182 e. The van der Waals surface area contributed by atoms with E-state index in [1.54, 1.807) is 6.07 Å². The van der Waals surface area contributed by atoms with E-state index in [-0.39, 0.29) is 5.43 Å². The number of rotatable bonds is 1. The van der Waals surface area contributed by atoms with Gasteiger partial charge in [0.25, 0.3) is 0 Å². The van der Waals surface area contributed by atoms with Crippen LogP contribution in [0.3, 0.4) is 0 Å². The van der Waals surface area contributed by atoms with Crippen molar-refractivity contribution in [3.8, 4) is 11.3 Å². The molecule has 2 aromatic rings. The van der Waals surface area contributed by atoms with Crippen molar-refractivity contribution in [2.75, 3.05) is 0 Å². The number of aromatic amines is 1. The fourth-order valence-corrected chi connectivity index (χ4v) is 1.54. The number of halogens is 2. The summed E-state index contributed by atoms with van der Waals surface area (Å²) in [5.74, 6) is -0.429. The molecule has 2 nitrogen and oxygen atoms in total. The fourth-order valence-electron chi connectivity index (χ4n) is 1.32. The molecule has 0 bridgehead atoms. The molecular weight excluding hydrogens is 217 g/mol. The molecule has 0 aliphatic carbocycles. The van der Waals surface area contributed by atoms with Crippen LogP contribution in [0.4, 0.5) is 4.39 Å². The summed E-state index contributed by atoms with van der Waals surface area (Å²) in [6.07, 6.45) is 1.51. The highest BCUT2D eigenvalue weighted by Crippen LogP contribution is 2.21. The number of pyridine rings is 1. The molecule has 1 N–H and O–H groups in total. The average Bonchev–Trinajstić information content (AvgIpc) is 2.16. The van der Waals surface area contributed by atoms with Crippen molar-refractivity contribution in [3.63, 3.8) is 0 Å². The molecule has 0 aliphatic rings. The minimum absolute atomic E-state index is 0.135. The van der Waals surface area contributed by atoms with Crippen molar-refractivity contribution in [2.24, 2.45) is 0 Å². The lowest BCUT2D eigenvalue weighted by Crippen LogP contribution is -1.98. The van der Waals surface area contributed by atoms with E-state index in [9.17, 15) is 9.18 Å². The minimum atomic E-state index is -0.429. The first-order valence-electron chi connectivity index (χ1n) is 4.30. The molecule has 15 heavy (non-hydrogen) atoms. The number of H-pyrrole nitrogens is 1. The van der Waals surface area contributed by atoms with Gasteiger partial charge in [-0.1, -0.05) is 11.6 Å². The summed E-state index contributed by atoms with van der Waals surface area (Å²) in [7, 11) is 0. The maximum atomic E-state index is 13.0. The number of hydrogen-bond donors (Lipinski definition) is 1. The summed E-state index contributed by atoms with van der Waals surface area (Å²) in [5.41, 5.74) is 0.964. The largest absolute Gasteiger partial charge is 0.361 e. The number of aromatic nitrogens is 1. The van der Waals surface area contributed by atoms with Gasteiger partial charge in [0.2, 0.25) is 0 Å². The molecule has 0 saturated heterocycles. The van der Waals surface area contributed by atoms with Crippen LogP contribution in [0.1, 0.15) is 0 Å². The normalized spacial score (nSPS) is 10.3. The van der Waals surface area contributed by atoms with E-state index < -0.39 is 5.82 Å². The quantitative estimate of drug-likeness (QED) is 0.792. The van der Waals surface area contributed by atoms with Crippen LogP contribution in [0.15, 0.2) is 41.3 Å². The predicted molar refractivity (Wildman–Crippen MR) is 57.5 cm³/mol. The van der Waals surface area contributed by atoms with Gasteiger partial charge in [-0.3, -0.25) is 4.79 Å². The van der Waals surface area contributed by atoms with E-state index in [0.29, 0.717) is 16.3 Å². The Morgan fingerprint density at radius 3 is 2.67 bits per heavy atom. The Hall–Kier alpha value is -1.61. The molecule has 0 fully saturated rings. The third-order valence-corrected chi connectivity index (χ3v) is 2.16. The van der Waals surface area contributed by atoms with E-state index in [0.717, 1.165) is 0 Å². The lowest BCUT2D eigenvalue weighted by atomic mass is 10.1. The minimum Gasteiger partial charge on any atom is -0.361 e. The zero-order valence-electron chi connectivity index (χ0n) is 7.63. The molecule has 0 atom stereocenters. The van der Waals surface area contributed by atoms with Gasteiger partial charge in [0, 0.05) is 34.6 Å². The zero-order valence-corrected chi connectivity index (χ0v) is 8.38. The highest BCUT2D eigenvalue weighted by atomic mass is 35.5. The van der Waals surface area contributed by atoms with Gasteiger partial charge in [-0.05, 0) is 18.2 Å². The predicted octanol–water partition coefficient (Wildman–Crippen LogP) is 2.83. The number of nitrogens with one attached hydrogen (secondary N) is 1. The molecule has 0 radical (unpaired) electrons. The summed E-state index contributed by atoms with van der Waals surface area (Å²) in [5, 5.41) is 0.301. The molecule has 0 unspecified atom stereocenters. The van der Waals surface area contributed by atoms with Gasteiger partial charge >= 0.3 is 0 Å². The topological polar surface area (TPSA) is 32.9 Å². The van der Waals surface area contributed by atoms with Crippen molar-refractivity contribution in [2.45, 2.75) is 0 Å². The van der Waals surface area contributed by atoms with Gasteiger partial charge in [0.05, 0.1) is 0 Å². The second-order valence-electron chi connectivity index (χ2n) is 3.10. The van der Waals surface area contributed by atoms with E-state index in [2.05, 4.69) is 4.98 Å². The van der Waals surface area contributed by atoms with Crippen LogP contribution < -0.4 is 5.43 Å². The summed E-state index contributed by atoms with van der Waals surface area (Å²) in [6.45, 7) is 0. The Morgan fingerprint density at radius 2 is 2.00 bits per heavy atom. The van der Waals surface area contributed by atoms with Crippen LogP contribution >= 0.6 is 11.6 Å². The van der Waals surface area contributed by atoms with Gasteiger partial charge in [-0.15, -0.1) is 0 Å². The van der Waals surface area contributed by atoms with E-state index in [1.807, 2.05) is 0 Å². The monoisotopic (exact) mass is 223 g/mol. The summed E-state index contributed by atoms with van der Waals surface area (Å²) >= 11 is 5.71. The van der Waals surface area contributed by atoms with Gasteiger partial charge in [0.1, 0.15) is 5.82 Å². The second-order valence-corrected chi connectivity index (χ2v) is 3.53. The second kappa shape index (κ2) is 3.87. The first-order chi connectivity index (χ1) is 7.15. The third kappa shape index (κ3) is 2.25. The Labute approximate surface area is 90.3 Å². The Balaban J connectivity index is 2.58. The molecule has 1 heterocycles. The summed E-state index contributed by atoms with van der Waals surface area (Å²) < 4.78 is 13.0. The molecule has 0 spiro atoms. The van der Waals surface area contributed by atoms with Crippen molar-refractivity contribution in [1.82, 2.24) is 4.98 Å². The van der Waals surface area contributed by atoms with Crippen molar-refractivity contribution < 1.29 is 4.39 Å². The molecular formula is C11H7ClFNO. The molecule has 0 aliphatic heterocycles. The Morgan fingerprint density at radius 1 is 1.20 bits per heavy atom. The molecule has 4 heteroatoms. The SMILES string of the molecule is O=c1cc[nH]c(-c2cc(F)cc(Cl)c2)c1. The number of benzene rings is 1. The zero-order chi connectivity index (χ0) is 10.8. The highest BCUT2D eigenvalue weighted by Gasteiger charge is 2.02. The van der Waals surface area contributed by atoms with E-state index in [4.69, 9.17) is 11.6 Å². The van der Waals surface area contributed by atoms with Gasteiger partial charge in [-0.25, -0.2) is 4.39 Å². The average molecular weight is 224 g/mol. The van der Waals surface area contributed by atoms with Gasteiger partial charge < -0.3 is 4.98 Å². The third-order valence-electron chi connectivity index (χ3n) is 1.95. The molecule has 0 saturated carbocycles. The molecule has 1 aromatic carbocycles. The van der Waals surface area contributed by atoms with E-state index in [1.165, 1.54) is 30.5 Å². The van der Waals surface area contributed by atoms with E-state index >= 15 is 0 Å². The maximum absolute atomic E-state index is 13.0. The van der Waals surface area contributed by atoms with Crippen LogP contribution in [0.25, 0.3) is 11.3 Å². The fraction of sp³-hybridized carbons (Fsp3) is 0. The highest BCUT2D eigenvalue weighted by molar-refractivity contribution is 6.30. The van der Waals surface area contributed by atoms with Gasteiger partial charge in [0.15, 0.2) is 5.43 Å². The van der Waals surface area contributed by atoms with Crippen LogP contribution in [-0.2, 0) is 0 Å². The van der Waals surface area contributed by atoms with Crippen molar-refractivity contribution in [3.05, 3.63) is 57.6 Å². The molecule has 76 valence electrons.